The van der Waals surface area contributed by atoms with Crippen molar-refractivity contribution in [2.24, 2.45) is 0 Å². The van der Waals surface area contributed by atoms with Crippen molar-refractivity contribution in [3.8, 4) is 11.1 Å². The summed E-state index contributed by atoms with van der Waals surface area (Å²) in [7, 11) is 0. The zero-order valence-electron chi connectivity index (χ0n) is 8.62. The van der Waals surface area contributed by atoms with Crippen molar-refractivity contribution >= 4 is 28.6 Å². The molecular formula is C12H7Cl3SbZr. The number of rotatable bonds is 0. The third-order valence-electron chi connectivity index (χ3n) is 2.25. The molecule has 85 valence electrons. The van der Waals surface area contributed by atoms with Gasteiger partial charge >= 0.3 is 114 Å². The molecule has 0 fully saturated rings. The van der Waals surface area contributed by atoms with Gasteiger partial charge in [0, 0.05) is 0 Å². The van der Waals surface area contributed by atoms with Crippen molar-refractivity contribution < 1.29 is 63.4 Å². The maximum absolute atomic E-state index is 3.34. The molecule has 0 N–H and O–H groups in total. The summed E-state index contributed by atoms with van der Waals surface area (Å²) in [5, 5.41) is 0. The Labute approximate surface area is 150 Å². The Balaban J connectivity index is 0. The average molecular weight is 471 g/mol. The Morgan fingerprint density at radius 3 is 2.24 bits per heavy atom. The first kappa shape index (κ1) is 20.3. The van der Waals surface area contributed by atoms with Gasteiger partial charge in [-0.3, -0.25) is 0 Å². The molecule has 0 aliphatic carbocycles. The fourth-order valence-corrected chi connectivity index (χ4v) is 5.03. The number of halogens is 3. The first-order chi connectivity index (χ1) is 6.45. The molecule has 1 radical (unpaired) electrons. The molecule has 2 aromatic carbocycles. The van der Waals surface area contributed by atoms with Gasteiger partial charge in [-0.2, -0.15) is 0 Å². The Morgan fingerprint density at radius 2 is 1.47 bits per heavy atom. The minimum absolute atomic E-state index is 0. The van der Waals surface area contributed by atoms with Crippen LogP contribution in [0.3, 0.4) is 0 Å². The monoisotopic (exact) mass is 467 g/mol. The van der Waals surface area contributed by atoms with Gasteiger partial charge in [-0.05, 0) is 0 Å². The molecular weight excluding hydrogens is 463 g/mol. The molecule has 0 atom stereocenters. The van der Waals surface area contributed by atoms with Crippen LogP contribution in [0, 0.1) is 6.07 Å². The van der Waals surface area contributed by atoms with Crippen LogP contribution in [0.1, 0.15) is 0 Å². The Bertz CT molecular complexity index is 433. The topological polar surface area (TPSA) is 0 Å². The summed E-state index contributed by atoms with van der Waals surface area (Å²) in [5.74, 6) is 0. The van der Waals surface area contributed by atoms with Gasteiger partial charge in [0.2, 0.25) is 0 Å². The summed E-state index contributed by atoms with van der Waals surface area (Å²) in [5.41, 5.74) is 2.78. The van der Waals surface area contributed by atoms with Crippen molar-refractivity contribution in [1.29, 1.82) is 0 Å². The van der Waals surface area contributed by atoms with Crippen LogP contribution in [0.2, 0.25) is 0 Å². The molecule has 1 aliphatic heterocycles. The SMILES string of the molecule is [Cl-].[Cl-].[Cl-].[Zr+4].[c-]1ccc[c]2c1-c1cccc[c]1[Sb]2. The van der Waals surface area contributed by atoms with E-state index in [9.17, 15) is 0 Å². The Hall–Kier alpha value is 1.01. The van der Waals surface area contributed by atoms with Crippen molar-refractivity contribution in [3.05, 3.63) is 48.5 Å². The van der Waals surface area contributed by atoms with Crippen molar-refractivity contribution in [1.82, 2.24) is 0 Å². The molecule has 0 saturated carbocycles. The van der Waals surface area contributed by atoms with E-state index in [1.807, 2.05) is 6.07 Å². The van der Waals surface area contributed by atoms with Crippen LogP contribution in [0.4, 0.5) is 0 Å². The van der Waals surface area contributed by atoms with Gasteiger partial charge in [-0.1, -0.05) is 0 Å². The Kier molecular flexibility index (Phi) is 10.8. The van der Waals surface area contributed by atoms with Gasteiger partial charge in [0.1, 0.15) is 0 Å². The zero-order chi connectivity index (χ0) is 8.67. The van der Waals surface area contributed by atoms with Crippen molar-refractivity contribution in [2.75, 3.05) is 0 Å². The van der Waals surface area contributed by atoms with Crippen LogP contribution in [-0.2, 0) is 26.2 Å². The molecule has 0 unspecified atom stereocenters. The van der Waals surface area contributed by atoms with E-state index >= 15 is 0 Å². The van der Waals surface area contributed by atoms with Crippen LogP contribution in [0.5, 0.6) is 0 Å². The molecule has 0 spiro atoms. The average Bonchev–Trinajstić information content (AvgIpc) is 2.56. The predicted molar refractivity (Wildman–Crippen MR) is 55.7 cm³/mol. The fraction of sp³-hybridized carbons (Fsp3) is 0. The second kappa shape index (κ2) is 9.00. The van der Waals surface area contributed by atoms with E-state index in [1.165, 1.54) is 11.1 Å². The van der Waals surface area contributed by atoms with Crippen LogP contribution in [0.15, 0.2) is 42.5 Å². The summed E-state index contributed by atoms with van der Waals surface area (Å²) in [4.78, 5) is 0. The Morgan fingerprint density at radius 1 is 0.824 bits per heavy atom. The predicted octanol–water partition coefficient (Wildman–Crippen LogP) is -7.87. The van der Waals surface area contributed by atoms with E-state index in [2.05, 4.69) is 42.5 Å². The maximum atomic E-state index is 3.34. The van der Waals surface area contributed by atoms with Gasteiger partial charge in [0.15, 0.2) is 0 Å². The van der Waals surface area contributed by atoms with E-state index in [0.717, 1.165) is 0 Å². The first-order valence-corrected chi connectivity index (χ1v) is 6.82. The molecule has 5 heteroatoms. The van der Waals surface area contributed by atoms with Gasteiger partial charge < -0.3 is 37.2 Å². The molecule has 0 saturated heterocycles. The molecule has 0 aromatic heterocycles. The van der Waals surface area contributed by atoms with E-state index in [4.69, 9.17) is 0 Å². The second-order valence-electron chi connectivity index (χ2n) is 3.06. The number of benzene rings is 2. The third-order valence-corrected chi connectivity index (χ3v) is 5.80. The molecule has 17 heavy (non-hydrogen) atoms. The fourth-order valence-electron chi connectivity index (χ4n) is 1.65. The van der Waals surface area contributed by atoms with Crippen LogP contribution >= 0.6 is 0 Å². The standard InChI is InChI=1S/C12H7.3ClH.Sb.Zr/c1-3-7-11(8-4-1)12-9-5-2-6-10-12;;;;;/h1-7H;3*1H;;/q-1;;;;;+4/p-3. The van der Waals surface area contributed by atoms with Gasteiger partial charge in [0.25, 0.3) is 0 Å². The number of hydrogen-bond acceptors (Lipinski definition) is 0. The van der Waals surface area contributed by atoms with Crippen LogP contribution < -0.4 is 44.2 Å². The number of fused-ring (bicyclic) bond motifs is 3. The van der Waals surface area contributed by atoms with Gasteiger partial charge in [-0.15, -0.1) is 0 Å². The van der Waals surface area contributed by atoms with Crippen molar-refractivity contribution in [2.45, 2.75) is 0 Å². The molecule has 0 amide bonds. The van der Waals surface area contributed by atoms with E-state index in [-0.39, 0.29) is 85.0 Å². The molecule has 1 heterocycles. The molecule has 3 rings (SSSR count). The van der Waals surface area contributed by atoms with E-state index in [1.54, 1.807) is 7.02 Å². The van der Waals surface area contributed by atoms with Crippen molar-refractivity contribution in [3.63, 3.8) is 0 Å². The molecule has 0 bridgehead atoms. The molecule has 2 aromatic rings. The summed E-state index contributed by atoms with van der Waals surface area (Å²) in [6, 6.07) is 18.4. The minimum atomic E-state index is -0.292. The van der Waals surface area contributed by atoms with Crippen LogP contribution in [-0.4, -0.2) is 21.6 Å². The van der Waals surface area contributed by atoms with E-state index in [0.29, 0.717) is 0 Å². The summed E-state index contributed by atoms with van der Waals surface area (Å²) >= 11 is -0.292. The summed E-state index contributed by atoms with van der Waals surface area (Å²) < 4.78 is 3.14. The van der Waals surface area contributed by atoms with Gasteiger partial charge in [-0.25, -0.2) is 0 Å². The third kappa shape index (κ3) is 3.99. The first-order valence-electron chi connectivity index (χ1n) is 4.27. The molecule has 0 nitrogen and oxygen atoms in total. The molecule has 1 aliphatic rings. The summed E-state index contributed by atoms with van der Waals surface area (Å²) in [6.45, 7) is 0. The number of hydrogen-bond donors (Lipinski definition) is 0. The second-order valence-corrected chi connectivity index (χ2v) is 6.45. The zero-order valence-corrected chi connectivity index (χ0v) is 15.9. The normalized spacial score (nSPS) is 9.41. The van der Waals surface area contributed by atoms with Crippen LogP contribution in [0.25, 0.3) is 11.1 Å². The quantitative estimate of drug-likeness (QED) is 0.226. The van der Waals surface area contributed by atoms with Gasteiger partial charge in [0.05, 0.1) is 0 Å². The summed E-state index contributed by atoms with van der Waals surface area (Å²) in [6.07, 6.45) is 0. The van der Waals surface area contributed by atoms with E-state index < -0.39 is 0 Å².